The van der Waals surface area contributed by atoms with Crippen molar-refractivity contribution in [1.82, 2.24) is 4.90 Å². The van der Waals surface area contributed by atoms with Gasteiger partial charge in [-0.3, -0.25) is 9.59 Å². The van der Waals surface area contributed by atoms with Gasteiger partial charge in [0, 0.05) is 47.8 Å². The number of methoxy groups -OCH3 is 1. The van der Waals surface area contributed by atoms with Crippen LogP contribution in [0.15, 0.2) is 39.1 Å². The molecule has 0 spiro atoms. The maximum atomic E-state index is 13.2. The summed E-state index contributed by atoms with van der Waals surface area (Å²) < 4.78 is 11.4. The minimum Gasteiger partial charge on any atom is -0.493 e. The van der Waals surface area contributed by atoms with Crippen LogP contribution in [0.5, 0.6) is 11.5 Å². The molecule has 0 fully saturated rings. The molecule has 8 heteroatoms. The zero-order valence-corrected chi connectivity index (χ0v) is 19.8. The first kappa shape index (κ1) is 22.6. The Bertz CT molecular complexity index is 1010. The van der Waals surface area contributed by atoms with E-state index >= 15 is 0 Å². The van der Waals surface area contributed by atoms with E-state index in [2.05, 4.69) is 27.8 Å². The van der Waals surface area contributed by atoms with Crippen LogP contribution in [0, 0.1) is 0 Å². The van der Waals surface area contributed by atoms with Crippen molar-refractivity contribution in [3.63, 3.8) is 0 Å². The summed E-state index contributed by atoms with van der Waals surface area (Å²) in [5.41, 5.74) is 4.24. The van der Waals surface area contributed by atoms with Gasteiger partial charge in [-0.25, -0.2) is 4.79 Å². The summed E-state index contributed by atoms with van der Waals surface area (Å²) in [5.74, 6) is -0.758. The van der Waals surface area contributed by atoms with Crippen LogP contribution in [0.3, 0.4) is 0 Å². The lowest BCUT2D eigenvalue weighted by atomic mass is 9.71. The summed E-state index contributed by atoms with van der Waals surface area (Å²) in [6.45, 7) is 2.27. The summed E-state index contributed by atoms with van der Waals surface area (Å²) in [6, 6.07) is 3.57. The van der Waals surface area contributed by atoms with Gasteiger partial charge in [-0.15, -0.1) is 0 Å². The number of carboxylic acid groups (broad SMARTS) is 1. The van der Waals surface area contributed by atoms with Crippen LogP contribution in [-0.2, 0) is 14.4 Å². The molecule has 0 amide bonds. The molecule has 2 aliphatic carbocycles. The van der Waals surface area contributed by atoms with E-state index in [0.717, 1.165) is 49.2 Å². The van der Waals surface area contributed by atoms with Crippen LogP contribution < -0.4 is 9.47 Å². The molecule has 0 radical (unpaired) electrons. The first-order chi connectivity index (χ1) is 15.4. The SMILES string of the molecule is CCN1C2=C(C(=O)CCC2)C(c2cc(Br)c(OCC(=O)O)c(OC)c2)C2=C1CCCC2=O. The van der Waals surface area contributed by atoms with Crippen molar-refractivity contribution >= 4 is 33.5 Å². The van der Waals surface area contributed by atoms with Crippen molar-refractivity contribution in [3.8, 4) is 11.5 Å². The lowest BCUT2D eigenvalue weighted by molar-refractivity contribution is -0.139. The lowest BCUT2D eigenvalue weighted by Gasteiger charge is -2.43. The fourth-order valence-corrected chi connectivity index (χ4v) is 5.69. The molecule has 0 saturated carbocycles. The molecule has 1 heterocycles. The number of Topliss-reactive ketones (excluding diaryl/α,β-unsaturated/α-hetero) is 2. The fraction of sp³-hybridized carbons (Fsp3) is 0.458. The summed E-state index contributed by atoms with van der Waals surface area (Å²) in [5, 5.41) is 8.98. The molecule has 0 unspecified atom stereocenters. The molecular weight excluding hydrogens is 478 g/mol. The normalized spacial score (nSPS) is 19.2. The number of allylic oxidation sites excluding steroid dienone is 4. The van der Waals surface area contributed by atoms with Gasteiger partial charge in [0.2, 0.25) is 0 Å². The average molecular weight is 504 g/mol. The second-order valence-electron chi connectivity index (χ2n) is 8.17. The van der Waals surface area contributed by atoms with Crippen LogP contribution >= 0.6 is 15.9 Å². The van der Waals surface area contributed by atoms with E-state index < -0.39 is 18.5 Å². The molecule has 7 nitrogen and oxygen atoms in total. The molecule has 1 aromatic rings. The Labute approximate surface area is 195 Å². The lowest BCUT2D eigenvalue weighted by Crippen LogP contribution is -2.39. The number of carbonyl (C=O) groups is 3. The van der Waals surface area contributed by atoms with Crippen LogP contribution in [0.1, 0.15) is 56.9 Å². The molecule has 3 aliphatic rings. The quantitative estimate of drug-likeness (QED) is 0.616. The average Bonchev–Trinajstić information content (AvgIpc) is 2.76. The third-order valence-corrected chi connectivity index (χ3v) is 6.92. The van der Waals surface area contributed by atoms with Gasteiger partial charge in [0.25, 0.3) is 0 Å². The maximum Gasteiger partial charge on any atom is 0.341 e. The zero-order chi connectivity index (χ0) is 23.0. The van der Waals surface area contributed by atoms with Gasteiger partial charge in [-0.05, 0) is 66.2 Å². The highest BCUT2D eigenvalue weighted by Crippen LogP contribution is 2.51. The number of ether oxygens (including phenoxy) is 2. The predicted octanol–water partition coefficient (Wildman–Crippen LogP) is 4.35. The highest BCUT2D eigenvalue weighted by Gasteiger charge is 2.43. The molecule has 4 rings (SSSR count). The number of hydrogen-bond acceptors (Lipinski definition) is 6. The highest BCUT2D eigenvalue weighted by atomic mass is 79.9. The third-order valence-electron chi connectivity index (χ3n) is 6.33. The topological polar surface area (TPSA) is 93.1 Å². The number of carbonyl (C=O) groups excluding carboxylic acids is 2. The first-order valence-electron chi connectivity index (χ1n) is 10.9. The van der Waals surface area contributed by atoms with E-state index in [1.807, 2.05) is 6.07 Å². The number of benzene rings is 1. The fourth-order valence-electron chi connectivity index (χ4n) is 5.11. The van der Waals surface area contributed by atoms with E-state index in [9.17, 15) is 14.4 Å². The van der Waals surface area contributed by atoms with Crippen molar-refractivity contribution in [2.45, 2.75) is 51.4 Å². The molecule has 170 valence electrons. The van der Waals surface area contributed by atoms with Gasteiger partial charge in [0.05, 0.1) is 11.6 Å². The van der Waals surface area contributed by atoms with E-state index in [-0.39, 0.29) is 17.3 Å². The van der Waals surface area contributed by atoms with Crippen LogP contribution in [0.25, 0.3) is 0 Å². The van der Waals surface area contributed by atoms with Crippen molar-refractivity contribution in [2.75, 3.05) is 20.3 Å². The van der Waals surface area contributed by atoms with Crippen molar-refractivity contribution in [2.24, 2.45) is 0 Å². The summed E-state index contributed by atoms with van der Waals surface area (Å²) in [7, 11) is 1.48. The molecule has 0 saturated heterocycles. The molecular formula is C24H26BrNO6. The predicted molar refractivity (Wildman–Crippen MR) is 121 cm³/mol. The number of rotatable bonds is 6. The van der Waals surface area contributed by atoms with E-state index in [4.69, 9.17) is 14.6 Å². The Hall–Kier alpha value is -2.61. The number of aliphatic carboxylic acids is 1. The van der Waals surface area contributed by atoms with E-state index in [1.54, 1.807) is 6.07 Å². The standard InChI is InChI=1S/C24H26BrNO6/c1-3-26-15-6-4-8-17(27)22(15)21(23-16(26)7-5-9-18(23)28)13-10-14(25)24(19(11-13)31-2)32-12-20(29)30/h10-11,21H,3-9,12H2,1-2H3,(H,29,30). The number of hydrogen-bond donors (Lipinski definition) is 1. The van der Waals surface area contributed by atoms with Gasteiger partial charge in [-0.2, -0.15) is 0 Å². The Morgan fingerprint density at radius 3 is 2.19 bits per heavy atom. The number of carboxylic acids is 1. The van der Waals surface area contributed by atoms with Gasteiger partial charge in [0.1, 0.15) is 0 Å². The molecule has 32 heavy (non-hydrogen) atoms. The number of halogens is 1. The molecule has 0 aromatic heterocycles. The Morgan fingerprint density at radius 2 is 1.69 bits per heavy atom. The van der Waals surface area contributed by atoms with Gasteiger partial charge in [0.15, 0.2) is 29.7 Å². The molecule has 1 aromatic carbocycles. The second kappa shape index (κ2) is 9.10. The molecule has 0 atom stereocenters. The Kier molecular flexibility index (Phi) is 6.42. The van der Waals surface area contributed by atoms with Crippen molar-refractivity contribution in [3.05, 3.63) is 44.7 Å². The molecule has 1 N–H and O–H groups in total. The summed E-state index contributed by atoms with van der Waals surface area (Å²) in [4.78, 5) is 39.5. The van der Waals surface area contributed by atoms with Crippen molar-refractivity contribution < 1.29 is 29.0 Å². The molecule has 1 aliphatic heterocycles. The van der Waals surface area contributed by atoms with Gasteiger partial charge < -0.3 is 19.5 Å². The Balaban J connectivity index is 1.90. The third kappa shape index (κ3) is 3.85. The maximum absolute atomic E-state index is 13.2. The van der Waals surface area contributed by atoms with Gasteiger partial charge >= 0.3 is 5.97 Å². The largest absolute Gasteiger partial charge is 0.493 e. The van der Waals surface area contributed by atoms with Crippen molar-refractivity contribution in [1.29, 1.82) is 0 Å². The van der Waals surface area contributed by atoms with Crippen LogP contribution in [-0.4, -0.2) is 47.8 Å². The minimum atomic E-state index is -1.10. The Morgan fingerprint density at radius 1 is 1.09 bits per heavy atom. The monoisotopic (exact) mass is 503 g/mol. The van der Waals surface area contributed by atoms with E-state index in [0.29, 0.717) is 34.2 Å². The number of ketones is 2. The van der Waals surface area contributed by atoms with Crippen LogP contribution in [0.4, 0.5) is 0 Å². The summed E-state index contributed by atoms with van der Waals surface area (Å²) in [6.07, 6.45) is 4.20. The minimum absolute atomic E-state index is 0.0842. The zero-order valence-electron chi connectivity index (χ0n) is 18.2. The molecule has 0 bridgehead atoms. The number of nitrogens with zero attached hydrogens (tertiary/aromatic N) is 1. The van der Waals surface area contributed by atoms with Crippen LogP contribution in [0.2, 0.25) is 0 Å². The smallest absolute Gasteiger partial charge is 0.341 e. The summed E-state index contributed by atoms with van der Waals surface area (Å²) >= 11 is 3.48. The van der Waals surface area contributed by atoms with Gasteiger partial charge in [-0.1, -0.05) is 0 Å². The van der Waals surface area contributed by atoms with E-state index in [1.165, 1.54) is 7.11 Å². The first-order valence-corrected chi connectivity index (χ1v) is 11.7. The second-order valence-corrected chi connectivity index (χ2v) is 9.02. The highest BCUT2D eigenvalue weighted by molar-refractivity contribution is 9.10.